The second-order valence-corrected chi connectivity index (χ2v) is 6.98. The van der Waals surface area contributed by atoms with Crippen LogP contribution in [0, 0.1) is 0 Å². The Morgan fingerprint density at radius 3 is 2.86 bits per heavy atom. The number of carbonyl (C=O) groups excluding carboxylic acids is 1. The molecule has 21 heavy (non-hydrogen) atoms. The zero-order valence-corrected chi connectivity index (χ0v) is 13.1. The Hall–Kier alpha value is -1.71. The quantitative estimate of drug-likeness (QED) is 0.749. The third kappa shape index (κ3) is 3.14. The van der Waals surface area contributed by atoms with E-state index in [0.29, 0.717) is 5.76 Å². The van der Waals surface area contributed by atoms with Crippen LogP contribution in [0.15, 0.2) is 32.5 Å². The average Bonchev–Trinajstić information content (AvgIpc) is 3.14. The van der Waals surface area contributed by atoms with Gasteiger partial charge in [-0.2, -0.15) is 4.31 Å². The fraction of sp³-hybridized carbons (Fsp3) is 0.333. The number of hydrogen-bond acceptors (Lipinski definition) is 7. The highest BCUT2D eigenvalue weighted by atomic mass is 32.2. The molecule has 114 valence electrons. The van der Waals surface area contributed by atoms with Crippen molar-refractivity contribution in [2.24, 2.45) is 0 Å². The molecule has 0 bridgehead atoms. The molecule has 2 rings (SSSR count). The van der Waals surface area contributed by atoms with E-state index in [4.69, 9.17) is 4.42 Å². The number of furan rings is 1. The van der Waals surface area contributed by atoms with Gasteiger partial charge < -0.3 is 9.15 Å². The highest BCUT2D eigenvalue weighted by Crippen LogP contribution is 2.25. The molecule has 0 atom stereocenters. The molecular formula is C12H14N2O5S2. The van der Waals surface area contributed by atoms with E-state index in [2.05, 4.69) is 9.72 Å². The lowest BCUT2D eigenvalue weighted by Gasteiger charge is -2.18. The molecule has 0 fully saturated rings. The lowest BCUT2D eigenvalue weighted by Crippen LogP contribution is -2.30. The standard InChI is InChI=1S/C12H14N2O5S2/c1-3-14(7-9-5-4-6-19-9)21(16,17)12-10(11(15)18-2)13-8-20-12/h4-6,8H,3,7H2,1-2H3. The second-order valence-electron chi connectivity index (χ2n) is 3.99. The first-order valence-electron chi connectivity index (χ1n) is 6.05. The van der Waals surface area contributed by atoms with Crippen molar-refractivity contribution in [3.8, 4) is 0 Å². The highest BCUT2D eigenvalue weighted by Gasteiger charge is 2.31. The second kappa shape index (κ2) is 6.37. The van der Waals surface area contributed by atoms with Gasteiger partial charge >= 0.3 is 5.97 Å². The molecule has 0 amide bonds. The number of methoxy groups -OCH3 is 1. The maximum Gasteiger partial charge on any atom is 0.358 e. The Balaban J connectivity index is 2.36. The van der Waals surface area contributed by atoms with Crippen molar-refractivity contribution in [2.75, 3.05) is 13.7 Å². The monoisotopic (exact) mass is 330 g/mol. The maximum absolute atomic E-state index is 12.6. The van der Waals surface area contributed by atoms with Gasteiger partial charge in [0.1, 0.15) is 5.76 Å². The molecule has 0 aliphatic rings. The van der Waals surface area contributed by atoms with Gasteiger partial charge in [-0.3, -0.25) is 0 Å². The van der Waals surface area contributed by atoms with Crippen LogP contribution in [-0.2, 0) is 21.3 Å². The molecule has 0 aliphatic carbocycles. The lowest BCUT2D eigenvalue weighted by molar-refractivity contribution is 0.0590. The first kappa shape index (κ1) is 15.7. The van der Waals surface area contributed by atoms with Crippen molar-refractivity contribution in [3.05, 3.63) is 35.4 Å². The van der Waals surface area contributed by atoms with E-state index in [1.807, 2.05) is 0 Å². The molecule has 9 heteroatoms. The number of carbonyl (C=O) groups is 1. The number of hydrogen-bond donors (Lipinski definition) is 0. The van der Waals surface area contributed by atoms with Crippen LogP contribution in [0.25, 0.3) is 0 Å². The van der Waals surface area contributed by atoms with Gasteiger partial charge in [0.25, 0.3) is 10.0 Å². The molecule has 0 saturated carbocycles. The van der Waals surface area contributed by atoms with E-state index >= 15 is 0 Å². The Labute approximate surface area is 126 Å². The summed E-state index contributed by atoms with van der Waals surface area (Å²) in [6.07, 6.45) is 1.47. The van der Waals surface area contributed by atoms with E-state index in [1.54, 1.807) is 19.1 Å². The van der Waals surface area contributed by atoms with Crippen LogP contribution in [0.3, 0.4) is 0 Å². The van der Waals surface area contributed by atoms with Crippen LogP contribution >= 0.6 is 11.3 Å². The Bertz CT molecular complexity index is 706. The predicted molar refractivity (Wildman–Crippen MR) is 75.4 cm³/mol. The number of thiazole rings is 1. The van der Waals surface area contributed by atoms with Gasteiger partial charge in [0.2, 0.25) is 0 Å². The van der Waals surface area contributed by atoms with Crippen LogP contribution in [0.5, 0.6) is 0 Å². The van der Waals surface area contributed by atoms with Crippen LogP contribution in [-0.4, -0.2) is 37.3 Å². The van der Waals surface area contributed by atoms with Gasteiger partial charge in [-0.05, 0) is 12.1 Å². The fourth-order valence-corrected chi connectivity index (χ4v) is 4.40. The average molecular weight is 330 g/mol. The van der Waals surface area contributed by atoms with Crippen LogP contribution in [0.2, 0.25) is 0 Å². The molecule has 0 aliphatic heterocycles. The highest BCUT2D eigenvalue weighted by molar-refractivity contribution is 7.91. The maximum atomic E-state index is 12.6. The summed E-state index contributed by atoms with van der Waals surface area (Å²) < 4.78 is 36.1. The van der Waals surface area contributed by atoms with Gasteiger partial charge in [0.05, 0.1) is 25.4 Å². The van der Waals surface area contributed by atoms with Crippen LogP contribution in [0.1, 0.15) is 23.2 Å². The minimum Gasteiger partial charge on any atom is -0.468 e. The van der Waals surface area contributed by atoms with Crippen molar-refractivity contribution in [2.45, 2.75) is 17.7 Å². The van der Waals surface area contributed by atoms with Crippen molar-refractivity contribution in [1.29, 1.82) is 0 Å². The Kier molecular flexibility index (Phi) is 4.76. The summed E-state index contributed by atoms with van der Waals surface area (Å²) >= 11 is 0.884. The third-order valence-electron chi connectivity index (χ3n) is 2.75. The smallest absolute Gasteiger partial charge is 0.358 e. The summed E-state index contributed by atoms with van der Waals surface area (Å²) in [4.78, 5) is 15.4. The molecule has 2 heterocycles. The van der Waals surface area contributed by atoms with Gasteiger partial charge in [0.15, 0.2) is 9.90 Å². The molecule has 2 aromatic rings. The first-order valence-corrected chi connectivity index (χ1v) is 8.37. The summed E-state index contributed by atoms with van der Waals surface area (Å²) in [5, 5.41) is 0. The topological polar surface area (TPSA) is 89.7 Å². The molecule has 7 nitrogen and oxygen atoms in total. The lowest BCUT2D eigenvalue weighted by atomic mass is 10.4. The number of esters is 1. The van der Waals surface area contributed by atoms with Gasteiger partial charge in [-0.25, -0.2) is 18.2 Å². The minimum absolute atomic E-state index is 0.0876. The Morgan fingerprint density at radius 2 is 2.29 bits per heavy atom. The largest absolute Gasteiger partial charge is 0.468 e. The third-order valence-corrected chi connectivity index (χ3v) is 6.02. The van der Waals surface area contributed by atoms with Crippen LogP contribution < -0.4 is 0 Å². The van der Waals surface area contributed by atoms with Gasteiger partial charge in [0, 0.05) is 6.54 Å². The first-order chi connectivity index (χ1) is 10.0. The minimum atomic E-state index is -3.84. The fourth-order valence-electron chi connectivity index (χ4n) is 1.71. The number of ether oxygens (including phenoxy) is 1. The summed E-state index contributed by atoms with van der Waals surface area (Å²) in [6, 6.07) is 3.37. The van der Waals surface area contributed by atoms with Crippen molar-refractivity contribution >= 4 is 27.3 Å². The summed E-state index contributed by atoms with van der Waals surface area (Å²) in [5.74, 6) is -0.256. The van der Waals surface area contributed by atoms with E-state index in [1.165, 1.54) is 23.2 Å². The molecule has 0 aromatic carbocycles. The summed E-state index contributed by atoms with van der Waals surface area (Å²) in [7, 11) is -2.66. The van der Waals surface area contributed by atoms with Gasteiger partial charge in [-0.15, -0.1) is 11.3 Å². The van der Waals surface area contributed by atoms with Gasteiger partial charge in [-0.1, -0.05) is 6.92 Å². The molecule has 0 unspecified atom stereocenters. The molecule has 0 radical (unpaired) electrons. The normalized spacial score (nSPS) is 11.8. The predicted octanol–water partition coefficient (Wildman–Crippen LogP) is 1.73. The SMILES string of the molecule is CCN(Cc1ccco1)S(=O)(=O)c1scnc1C(=O)OC. The number of nitrogens with zero attached hydrogens (tertiary/aromatic N) is 2. The molecule has 0 N–H and O–H groups in total. The molecule has 0 saturated heterocycles. The molecular weight excluding hydrogens is 316 g/mol. The zero-order valence-electron chi connectivity index (χ0n) is 11.5. The number of rotatable bonds is 6. The van der Waals surface area contributed by atoms with Crippen molar-refractivity contribution in [1.82, 2.24) is 9.29 Å². The van der Waals surface area contributed by atoms with E-state index in [0.717, 1.165) is 11.3 Å². The zero-order chi connectivity index (χ0) is 15.5. The van der Waals surface area contributed by atoms with E-state index in [-0.39, 0.29) is 23.0 Å². The number of sulfonamides is 1. The van der Waals surface area contributed by atoms with Crippen LogP contribution in [0.4, 0.5) is 0 Å². The van der Waals surface area contributed by atoms with Crippen molar-refractivity contribution < 1.29 is 22.4 Å². The summed E-state index contributed by atoms with van der Waals surface area (Å²) in [5.41, 5.74) is 1.11. The molecule has 0 spiro atoms. The number of aromatic nitrogens is 1. The molecule has 2 aromatic heterocycles. The Morgan fingerprint density at radius 1 is 1.52 bits per heavy atom. The van der Waals surface area contributed by atoms with E-state index in [9.17, 15) is 13.2 Å². The van der Waals surface area contributed by atoms with Crippen molar-refractivity contribution in [3.63, 3.8) is 0 Å². The van der Waals surface area contributed by atoms with E-state index < -0.39 is 16.0 Å². The summed E-state index contributed by atoms with van der Waals surface area (Å²) in [6.45, 7) is 2.03.